The van der Waals surface area contributed by atoms with Crippen LogP contribution < -0.4 is 10.5 Å². The number of aromatic nitrogens is 2. The van der Waals surface area contributed by atoms with Crippen molar-refractivity contribution >= 4 is 34.0 Å². The number of aryl methyl sites for hydroxylation is 1. The van der Waals surface area contributed by atoms with Crippen molar-refractivity contribution in [2.75, 3.05) is 31.1 Å². The summed E-state index contributed by atoms with van der Waals surface area (Å²) in [5, 5.41) is 6.30. The summed E-state index contributed by atoms with van der Waals surface area (Å²) in [5.41, 5.74) is 1.18. The Labute approximate surface area is 174 Å². The van der Waals surface area contributed by atoms with Crippen LogP contribution in [0.25, 0.3) is 10.8 Å². The zero-order valence-corrected chi connectivity index (χ0v) is 17.1. The minimum Gasteiger partial charge on any atom is -0.367 e. The fourth-order valence-electron chi connectivity index (χ4n) is 3.76. The average Bonchev–Trinajstić information content (AvgIpc) is 2.76. The van der Waals surface area contributed by atoms with Crippen molar-refractivity contribution in [1.82, 2.24) is 14.7 Å². The first-order valence-electron chi connectivity index (χ1n) is 9.88. The molecule has 1 saturated heterocycles. The van der Waals surface area contributed by atoms with Gasteiger partial charge in [0.25, 0.3) is 11.5 Å². The lowest BCUT2D eigenvalue weighted by Gasteiger charge is -2.36. The molecule has 0 atom stereocenters. The van der Waals surface area contributed by atoms with Crippen LogP contribution in [-0.2, 0) is 6.54 Å². The van der Waals surface area contributed by atoms with E-state index in [1.807, 2.05) is 48.2 Å². The molecular formula is C22H23ClN4O2. The third-order valence-electron chi connectivity index (χ3n) is 5.27. The van der Waals surface area contributed by atoms with Gasteiger partial charge < -0.3 is 9.80 Å². The van der Waals surface area contributed by atoms with Crippen molar-refractivity contribution in [2.45, 2.75) is 19.9 Å². The van der Waals surface area contributed by atoms with Crippen LogP contribution in [0.4, 0.5) is 5.69 Å². The number of fused-ring (bicyclic) bond motifs is 1. The molecule has 0 spiro atoms. The molecule has 1 aliphatic heterocycles. The number of benzene rings is 2. The van der Waals surface area contributed by atoms with Crippen molar-refractivity contribution in [2.24, 2.45) is 0 Å². The maximum absolute atomic E-state index is 13.3. The van der Waals surface area contributed by atoms with E-state index in [0.29, 0.717) is 54.2 Å². The van der Waals surface area contributed by atoms with Gasteiger partial charge in [-0.25, -0.2) is 4.68 Å². The van der Waals surface area contributed by atoms with Crippen LogP contribution in [0.3, 0.4) is 0 Å². The fraction of sp³-hybridized carbons (Fsp3) is 0.318. The molecule has 2 heterocycles. The molecule has 7 heteroatoms. The second-order valence-electron chi connectivity index (χ2n) is 7.15. The summed E-state index contributed by atoms with van der Waals surface area (Å²) < 4.78 is 1.41. The molecule has 0 aliphatic carbocycles. The Kier molecular flexibility index (Phi) is 5.53. The minimum atomic E-state index is -0.150. The number of hydrogen-bond acceptors (Lipinski definition) is 4. The lowest BCUT2D eigenvalue weighted by molar-refractivity contribution is 0.0740. The number of hydrogen-bond donors (Lipinski definition) is 0. The Morgan fingerprint density at radius 1 is 1.00 bits per heavy atom. The third-order valence-corrected chi connectivity index (χ3v) is 5.59. The van der Waals surface area contributed by atoms with Gasteiger partial charge >= 0.3 is 0 Å². The Morgan fingerprint density at radius 2 is 1.66 bits per heavy atom. The number of piperazine rings is 1. The molecule has 1 aromatic heterocycles. The van der Waals surface area contributed by atoms with Gasteiger partial charge in [0.1, 0.15) is 0 Å². The summed E-state index contributed by atoms with van der Waals surface area (Å²) in [6.07, 6.45) is 0.773. The second-order valence-corrected chi connectivity index (χ2v) is 7.56. The van der Waals surface area contributed by atoms with Gasteiger partial charge in [-0.3, -0.25) is 9.59 Å². The maximum Gasteiger partial charge on any atom is 0.275 e. The summed E-state index contributed by atoms with van der Waals surface area (Å²) in [6.45, 7) is 5.02. The number of amides is 1. The molecule has 0 N–H and O–H groups in total. The maximum atomic E-state index is 13.3. The summed E-state index contributed by atoms with van der Waals surface area (Å²) >= 11 is 6.32. The summed E-state index contributed by atoms with van der Waals surface area (Å²) in [4.78, 5) is 30.0. The Balaban J connectivity index is 1.61. The minimum absolute atomic E-state index is 0.134. The predicted octanol–water partition coefficient (Wildman–Crippen LogP) is 3.42. The number of halogens is 1. The quantitative estimate of drug-likeness (QED) is 0.661. The van der Waals surface area contributed by atoms with Gasteiger partial charge in [0.05, 0.1) is 16.1 Å². The van der Waals surface area contributed by atoms with Gasteiger partial charge in [-0.2, -0.15) is 5.10 Å². The lowest BCUT2D eigenvalue weighted by atomic mass is 10.1. The van der Waals surface area contributed by atoms with E-state index in [2.05, 4.69) is 10.00 Å². The van der Waals surface area contributed by atoms with Crippen molar-refractivity contribution in [3.63, 3.8) is 0 Å². The summed E-state index contributed by atoms with van der Waals surface area (Å²) in [6, 6.07) is 15.0. The highest BCUT2D eigenvalue weighted by Crippen LogP contribution is 2.26. The zero-order valence-electron chi connectivity index (χ0n) is 16.3. The molecule has 150 valence electrons. The first-order valence-corrected chi connectivity index (χ1v) is 10.3. The smallest absolute Gasteiger partial charge is 0.275 e. The zero-order chi connectivity index (χ0) is 20.4. The molecule has 0 radical (unpaired) electrons. The Hall–Kier alpha value is -2.86. The molecule has 0 unspecified atom stereocenters. The van der Waals surface area contributed by atoms with E-state index in [0.717, 1.165) is 12.1 Å². The lowest BCUT2D eigenvalue weighted by Crippen LogP contribution is -2.49. The van der Waals surface area contributed by atoms with E-state index in [9.17, 15) is 9.59 Å². The molecule has 6 nitrogen and oxygen atoms in total. The summed E-state index contributed by atoms with van der Waals surface area (Å²) in [7, 11) is 0. The van der Waals surface area contributed by atoms with Crippen LogP contribution >= 0.6 is 11.6 Å². The van der Waals surface area contributed by atoms with Crippen molar-refractivity contribution in [3.8, 4) is 0 Å². The van der Waals surface area contributed by atoms with Crippen LogP contribution in [-0.4, -0.2) is 46.8 Å². The monoisotopic (exact) mass is 410 g/mol. The number of nitrogens with zero attached hydrogens (tertiary/aromatic N) is 4. The van der Waals surface area contributed by atoms with Crippen molar-refractivity contribution in [1.29, 1.82) is 0 Å². The highest BCUT2D eigenvalue weighted by Gasteiger charge is 2.26. The fourth-order valence-corrected chi connectivity index (χ4v) is 4.02. The van der Waals surface area contributed by atoms with Gasteiger partial charge in [-0.1, -0.05) is 48.9 Å². The highest BCUT2D eigenvalue weighted by molar-refractivity contribution is 6.33. The van der Waals surface area contributed by atoms with E-state index < -0.39 is 0 Å². The van der Waals surface area contributed by atoms with Crippen LogP contribution in [0.5, 0.6) is 0 Å². The van der Waals surface area contributed by atoms with Gasteiger partial charge in [-0.05, 0) is 24.6 Å². The molecule has 1 aliphatic rings. The average molecular weight is 411 g/mol. The van der Waals surface area contributed by atoms with E-state index in [1.54, 1.807) is 12.1 Å². The number of carbonyl (C=O) groups excluding carboxylic acids is 1. The Bertz CT molecular complexity index is 1100. The molecule has 1 amide bonds. The molecular weight excluding hydrogens is 388 g/mol. The number of anilines is 1. The van der Waals surface area contributed by atoms with Crippen molar-refractivity contribution < 1.29 is 4.79 Å². The third kappa shape index (κ3) is 3.72. The standard InChI is InChI=1S/C22H23ClN4O2/c1-2-11-27-21(28)17-8-4-3-7-16(17)20(24-27)22(29)26-14-12-25(13-15-26)19-10-6-5-9-18(19)23/h3-10H,2,11-15H2,1H3. The molecule has 29 heavy (non-hydrogen) atoms. The van der Waals surface area contributed by atoms with Gasteiger partial charge in [-0.15, -0.1) is 0 Å². The number of para-hydroxylation sites is 1. The van der Waals surface area contributed by atoms with E-state index >= 15 is 0 Å². The van der Waals surface area contributed by atoms with Crippen LogP contribution in [0.15, 0.2) is 53.3 Å². The SMILES string of the molecule is CCCn1nc(C(=O)N2CCN(c3ccccc3Cl)CC2)c2ccccc2c1=O. The van der Waals surface area contributed by atoms with Gasteiger partial charge in [0.2, 0.25) is 0 Å². The van der Waals surface area contributed by atoms with E-state index in [1.165, 1.54) is 4.68 Å². The van der Waals surface area contributed by atoms with E-state index in [4.69, 9.17) is 11.6 Å². The largest absolute Gasteiger partial charge is 0.367 e. The highest BCUT2D eigenvalue weighted by atomic mass is 35.5. The second kappa shape index (κ2) is 8.25. The molecule has 2 aromatic carbocycles. The number of rotatable bonds is 4. The number of carbonyl (C=O) groups is 1. The first-order chi connectivity index (χ1) is 14.1. The van der Waals surface area contributed by atoms with Crippen LogP contribution in [0, 0.1) is 0 Å². The first kappa shape index (κ1) is 19.5. The molecule has 4 rings (SSSR count). The molecule has 3 aromatic rings. The normalized spacial score (nSPS) is 14.4. The van der Waals surface area contributed by atoms with Crippen LogP contribution in [0.1, 0.15) is 23.8 Å². The van der Waals surface area contributed by atoms with Crippen LogP contribution in [0.2, 0.25) is 5.02 Å². The molecule has 0 bridgehead atoms. The van der Waals surface area contributed by atoms with Crippen molar-refractivity contribution in [3.05, 3.63) is 69.6 Å². The summed E-state index contributed by atoms with van der Waals surface area (Å²) in [5.74, 6) is -0.134. The van der Waals surface area contributed by atoms with Gasteiger partial charge in [0, 0.05) is 38.1 Å². The molecule has 1 fully saturated rings. The predicted molar refractivity (Wildman–Crippen MR) is 116 cm³/mol. The topological polar surface area (TPSA) is 58.4 Å². The Morgan fingerprint density at radius 3 is 2.34 bits per heavy atom. The van der Waals surface area contributed by atoms with Gasteiger partial charge in [0.15, 0.2) is 5.69 Å². The molecule has 0 saturated carbocycles. The van der Waals surface area contributed by atoms with E-state index in [-0.39, 0.29) is 11.5 Å².